The lowest BCUT2D eigenvalue weighted by Crippen LogP contribution is -2.71. The molecule has 3 heterocycles. The van der Waals surface area contributed by atoms with E-state index in [1.807, 2.05) is 0 Å². The van der Waals surface area contributed by atoms with Gasteiger partial charge >= 0.3 is 12.1 Å². The smallest absolute Gasteiger partial charge is 0.408 e. The first-order chi connectivity index (χ1) is 28.0. The topological polar surface area (TPSA) is 360 Å². The number of ether oxygens (including phenoxy) is 7. The molecule has 0 unspecified atom stereocenters. The maximum absolute atomic E-state index is 13.3. The summed E-state index contributed by atoms with van der Waals surface area (Å²) >= 11 is 0. The molecule has 3 saturated heterocycles. The number of benzene rings is 1. The van der Waals surface area contributed by atoms with Crippen molar-refractivity contribution in [3.05, 3.63) is 35.9 Å². The third-order valence-electron chi connectivity index (χ3n) is 9.61. The van der Waals surface area contributed by atoms with Crippen LogP contribution in [0.15, 0.2) is 30.3 Å². The average Bonchev–Trinajstić information content (AvgIpc) is 3.20. The molecule has 0 bridgehead atoms. The zero-order chi connectivity index (χ0) is 43.6. The third-order valence-corrected chi connectivity index (χ3v) is 9.61. The number of alkyl carbamates (subject to hydrolysis) is 1. The molecule has 332 valence electrons. The van der Waals surface area contributed by atoms with Crippen molar-refractivity contribution in [3.8, 4) is 0 Å². The first-order valence-electron chi connectivity index (χ1n) is 18.4. The van der Waals surface area contributed by atoms with E-state index < -0.39 is 154 Å². The number of hydrogen-bond acceptors (Lipinski definition) is 20. The Balaban J connectivity index is 1.50. The summed E-state index contributed by atoms with van der Waals surface area (Å²) in [6.07, 6.45) is -24.1. The Hall–Kier alpha value is -4.15. The Morgan fingerprint density at radius 3 is 1.80 bits per heavy atom. The highest BCUT2D eigenvalue weighted by Gasteiger charge is 2.54. The molecule has 3 aliphatic rings. The van der Waals surface area contributed by atoms with Crippen LogP contribution in [0.2, 0.25) is 0 Å². The Morgan fingerprint density at radius 1 is 0.678 bits per heavy atom. The number of amides is 4. The molecule has 24 heteroatoms. The number of rotatable bonds is 16. The quantitative estimate of drug-likeness (QED) is 0.0688. The molecule has 12 N–H and O–H groups in total. The van der Waals surface area contributed by atoms with Crippen LogP contribution in [0.4, 0.5) is 4.79 Å². The molecule has 4 rings (SSSR count). The SMILES string of the molecule is COC(=O)[C@H](CC(=O)N[C@@H]1O[C@H](CO)[C@@H](O[C@@H]2O[C@H](CO)[C@@H](O[C@@H]3O[C@H](CO)[C@@H](O)[C@H](O)[C@@H]3O)[C@H](O)[C@H]2NC(C)=O)[C@H](O)[C@H]1NC(C)=O)NC(=O)OCc1ccccc1. The summed E-state index contributed by atoms with van der Waals surface area (Å²) < 4.78 is 38.6. The molecule has 0 spiro atoms. The van der Waals surface area contributed by atoms with Gasteiger partial charge in [-0.2, -0.15) is 0 Å². The van der Waals surface area contributed by atoms with Gasteiger partial charge in [-0.25, -0.2) is 9.59 Å². The van der Waals surface area contributed by atoms with Gasteiger partial charge in [0.05, 0.1) is 33.4 Å². The van der Waals surface area contributed by atoms with Crippen LogP contribution in [0.1, 0.15) is 25.8 Å². The van der Waals surface area contributed by atoms with Gasteiger partial charge in [0.2, 0.25) is 17.7 Å². The lowest BCUT2D eigenvalue weighted by Gasteiger charge is -2.49. The summed E-state index contributed by atoms with van der Waals surface area (Å²) in [5.74, 6) is -3.47. The fourth-order valence-corrected chi connectivity index (χ4v) is 6.66. The number of nitrogens with one attached hydrogen (secondary N) is 4. The predicted octanol–water partition coefficient (Wildman–Crippen LogP) is -6.30. The van der Waals surface area contributed by atoms with Crippen LogP contribution in [0, 0.1) is 0 Å². The largest absolute Gasteiger partial charge is 0.467 e. The second-order valence-corrected chi connectivity index (χ2v) is 13.9. The minimum atomic E-state index is -1.92. The van der Waals surface area contributed by atoms with E-state index in [0.717, 1.165) is 21.0 Å². The Morgan fingerprint density at radius 2 is 1.22 bits per heavy atom. The van der Waals surface area contributed by atoms with Crippen LogP contribution in [-0.4, -0.2) is 196 Å². The molecule has 16 atom stereocenters. The Kier molecular flexibility index (Phi) is 17.7. The molecule has 1 aromatic carbocycles. The summed E-state index contributed by atoms with van der Waals surface area (Å²) in [5, 5.41) is 93.5. The van der Waals surface area contributed by atoms with Gasteiger partial charge in [0.1, 0.15) is 85.8 Å². The standard InChI is InChI=1S/C35H52N4O20/c1-14(43)36-22-25(47)29(19(11-41)55-31(22)39-21(45)9-17(32(51)53-3)38-35(52)54-13-16-7-5-4-6-8-16)58-33-23(37-15(2)44)26(48)30(20(12-42)57-33)59-34-28(50)27(49)24(46)18(10-40)56-34/h4-8,17-20,22-31,33-34,40-42,46-50H,9-13H2,1-3H3,(H,36,43)(H,37,44)(H,38,52)(H,39,45)/t17-,18+,19+,20+,22+,23+,24+,25+,26+,27-,28-,29+,30+,31+,33-,34-/m0/s1. The second-order valence-electron chi connectivity index (χ2n) is 13.9. The van der Waals surface area contributed by atoms with Gasteiger partial charge in [-0.05, 0) is 5.56 Å². The van der Waals surface area contributed by atoms with Crippen molar-refractivity contribution in [2.24, 2.45) is 0 Å². The number of carbonyl (C=O) groups is 5. The number of methoxy groups -OCH3 is 1. The van der Waals surface area contributed by atoms with Gasteiger partial charge in [-0.15, -0.1) is 0 Å². The highest BCUT2D eigenvalue weighted by Crippen LogP contribution is 2.32. The van der Waals surface area contributed by atoms with Gasteiger partial charge in [-0.3, -0.25) is 14.4 Å². The molecule has 59 heavy (non-hydrogen) atoms. The molecular formula is C35H52N4O20. The first kappa shape index (κ1) is 47.5. The van der Waals surface area contributed by atoms with Crippen LogP contribution in [0.25, 0.3) is 0 Å². The first-order valence-corrected chi connectivity index (χ1v) is 18.4. The Bertz CT molecular complexity index is 1560. The highest BCUT2D eigenvalue weighted by molar-refractivity contribution is 5.88. The van der Waals surface area contributed by atoms with E-state index in [-0.39, 0.29) is 6.61 Å². The van der Waals surface area contributed by atoms with E-state index in [9.17, 15) is 64.8 Å². The molecule has 1 aromatic rings. The van der Waals surface area contributed by atoms with Gasteiger partial charge < -0.3 is 95.3 Å². The van der Waals surface area contributed by atoms with Crippen molar-refractivity contribution >= 4 is 29.8 Å². The normalized spacial score (nSPS) is 35.1. The molecule has 4 amide bonds. The number of esters is 1. The maximum Gasteiger partial charge on any atom is 0.408 e. The van der Waals surface area contributed by atoms with Crippen LogP contribution < -0.4 is 21.3 Å². The average molecular weight is 849 g/mol. The minimum Gasteiger partial charge on any atom is -0.467 e. The number of hydrogen-bond donors (Lipinski definition) is 12. The van der Waals surface area contributed by atoms with E-state index in [1.165, 1.54) is 0 Å². The molecule has 0 radical (unpaired) electrons. The number of carbonyl (C=O) groups excluding carboxylic acids is 5. The van der Waals surface area contributed by atoms with E-state index in [2.05, 4.69) is 21.3 Å². The van der Waals surface area contributed by atoms with E-state index in [0.29, 0.717) is 5.56 Å². The molecule has 3 aliphatic heterocycles. The van der Waals surface area contributed by atoms with Crippen molar-refractivity contribution in [2.75, 3.05) is 26.9 Å². The number of aliphatic hydroxyl groups is 8. The van der Waals surface area contributed by atoms with Crippen molar-refractivity contribution < 1.29 is 98.0 Å². The maximum atomic E-state index is 13.3. The molecular weight excluding hydrogens is 796 g/mol. The van der Waals surface area contributed by atoms with Crippen molar-refractivity contribution in [1.29, 1.82) is 0 Å². The third kappa shape index (κ3) is 12.2. The highest BCUT2D eigenvalue weighted by atomic mass is 16.7. The molecule has 0 aromatic heterocycles. The van der Waals surface area contributed by atoms with Crippen LogP contribution in [0.5, 0.6) is 0 Å². The molecule has 24 nitrogen and oxygen atoms in total. The number of aliphatic hydroxyl groups excluding tert-OH is 8. The van der Waals surface area contributed by atoms with E-state index in [4.69, 9.17) is 33.2 Å². The van der Waals surface area contributed by atoms with Crippen LogP contribution in [-0.2, 0) is 58.9 Å². The van der Waals surface area contributed by atoms with Gasteiger partial charge in [0.25, 0.3) is 0 Å². The summed E-state index contributed by atoms with van der Waals surface area (Å²) in [5.41, 5.74) is 0.642. The van der Waals surface area contributed by atoms with Crippen molar-refractivity contribution in [3.63, 3.8) is 0 Å². The summed E-state index contributed by atoms with van der Waals surface area (Å²) in [6.45, 7) is -0.633. The molecule has 3 fully saturated rings. The van der Waals surface area contributed by atoms with Gasteiger partial charge in [0.15, 0.2) is 18.8 Å². The van der Waals surface area contributed by atoms with Crippen LogP contribution >= 0.6 is 0 Å². The van der Waals surface area contributed by atoms with Crippen LogP contribution in [0.3, 0.4) is 0 Å². The minimum absolute atomic E-state index is 0.154. The molecule has 0 aliphatic carbocycles. The van der Waals surface area contributed by atoms with Gasteiger partial charge in [0, 0.05) is 13.8 Å². The second kappa shape index (κ2) is 21.9. The van der Waals surface area contributed by atoms with Crippen molar-refractivity contribution in [2.45, 2.75) is 125 Å². The lowest BCUT2D eigenvalue weighted by atomic mass is 9.93. The zero-order valence-corrected chi connectivity index (χ0v) is 32.1. The summed E-state index contributed by atoms with van der Waals surface area (Å²) in [4.78, 5) is 62.9. The predicted molar refractivity (Wildman–Crippen MR) is 191 cm³/mol. The monoisotopic (exact) mass is 848 g/mol. The summed E-state index contributed by atoms with van der Waals surface area (Å²) in [6, 6.07) is 3.86. The van der Waals surface area contributed by atoms with E-state index >= 15 is 0 Å². The van der Waals surface area contributed by atoms with Crippen molar-refractivity contribution in [1.82, 2.24) is 21.3 Å². The Labute approximate surface area is 336 Å². The fraction of sp³-hybridized carbons (Fsp3) is 0.686. The lowest BCUT2D eigenvalue weighted by molar-refractivity contribution is -0.358. The fourth-order valence-electron chi connectivity index (χ4n) is 6.66. The van der Waals surface area contributed by atoms with E-state index in [1.54, 1.807) is 30.3 Å². The molecule has 0 saturated carbocycles. The zero-order valence-electron chi connectivity index (χ0n) is 32.1. The summed E-state index contributed by atoms with van der Waals surface area (Å²) in [7, 11) is 1.02. The van der Waals surface area contributed by atoms with Gasteiger partial charge in [-0.1, -0.05) is 30.3 Å².